The van der Waals surface area contributed by atoms with Crippen LogP contribution in [0.1, 0.15) is 12.8 Å². The van der Waals surface area contributed by atoms with Crippen molar-refractivity contribution in [1.82, 2.24) is 0 Å². The summed E-state index contributed by atoms with van der Waals surface area (Å²) in [6.07, 6.45) is -124. The second-order valence-corrected chi connectivity index (χ2v) is 38.3. The largest absolute Gasteiger partial charge is 0.477 e. The van der Waals surface area contributed by atoms with Crippen LogP contribution < -0.4 is 17.2 Å². The Labute approximate surface area is 778 Å². The number of carboxylic acid groups (broad SMARTS) is 2. The molecule has 0 aliphatic carbocycles. The fraction of sp³-hybridized carbons (Fsp3) is 0.970. The maximum Gasteiger partial charge on any atom is 0.470 e. The number of nitrogens with two attached hydrogens (primary N) is 3. The number of carboxylic acids is 2. The van der Waals surface area contributed by atoms with Crippen LogP contribution in [0.25, 0.3) is 0 Å². The van der Waals surface area contributed by atoms with Crippen LogP contribution in [0.4, 0.5) is 0 Å². The average molecular weight is 2130 g/mol. The molecule has 10 fully saturated rings. The van der Waals surface area contributed by atoms with E-state index < -0.39 is 440 Å². The number of aliphatic carboxylic acids is 2. The second kappa shape index (κ2) is 48.6. The van der Waals surface area contributed by atoms with Gasteiger partial charge in [0.2, 0.25) is 0 Å². The number of hydrogen-bond donors (Lipinski definition) is 40. The molecule has 69 nitrogen and oxygen atoms in total. The smallest absolute Gasteiger partial charge is 0.470 e. The summed E-state index contributed by atoms with van der Waals surface area (Å²) in [5.41, 5.74) is 18.6. The number of aliphatic hydroxyl groups is 27. The lowest BCUT2D eigenvalue weighted by molar-refractivity contribution is -0.408. The van der Waals surface area contributed by atoms with E-state index >= 15 is 0 Å². The molecule has 43 N–H and O–H groups in total. The Morgan fingerprint density at radius 3 is 1.28 bits per heavy atom. The number of phosphoric acid groups is 4. The fourth-order valence-corrected chi connectivity index (χ4v) is 18.9. The third-order valence-corrected chi connectivity index (χ3v) is 26.0. The average Bonchev–Trinajstić information content (AvgIpc) is 0.736. The number of phosphoric ester groups is 4. The summed E-state index contributed by atoms with van der Waals surface area (Å²) in [6.45, 7) is -14.5. The standard InChI is InChI=1S/C66H117N3O66P4/c67-25-33(86)31(84)22(116-55(25)96)10-113-56-26(68)34(87)47(133-137(104,105)106)24(121-56)12-115-65(63(97)98)2-17(129-66(64(99)100)1-13(77)28(81)43(130-66)14(78)3-70)48(45(131-65)16(80)5-72)125-62-54(135-139(110,111)112)52(53(134-138(107,108)109)44(122-62)15(79)4-71)128-61-42(95)51(41(94)46(123-61)21(9-76)132-136(101,102)103)127-57-27(69)50(49(20(8-75)119-57)124-59-39(92)36(89)30(83)19(7-74)118-59)126-60-40(93)37(90)32(85)23(120-60)11-114-58-38(91)35(88)29(82)18(6-73)117-58/h13-62,70-96H,1-12,67-69H2,(H,97,98)(H,99,100)(H2,101,102,103)(H2,104,105,106)(H2,107,108,109)(H2,110,111,112)/t13-,14-,15?,16-,17-,18-,19-,20-,21?,22-,23-,24-,25-,26-,27-,28-,29-,30-,31-,32-,33-,34-,35+,36+,37+,38-,39-,40-,41?,42?,43-,44?,45-,46?,47-,48-,49+,50-,51?,52?,53?,54?,55+,56-,57-,58+,59-,60+,61?,62?,65-,66-/m1/s1. The molecule has 0 aromatic heterocycles. The van der Waals surface area contributed by atoms with Crippen molar-refractivity contribution in [3.63, 3.8) is 0 Å². The van der Waals surface area contributed by atoms with Gasteiger partial charge in [0.25, 0.3) is 11.6 Å². The molecule has 10 aliphatic rings. The molecule has 0 aromatic rings. The first-order valence-electron chi connectivity index (χ1n) is 41.7. The molecular weight excluding hydrogens is 2010 g/mol. The Kier molecular flexibility index (Phi) is 41.3. The highest BCUT2D eigenvalue weighted by Crippen LogP contribution is 2.52. The molecule has 0 radical (unpaired) electrons. The highest BCUT2D eigenvalue weighted by molar-refractivity contribution is 7.47. The van der Waals surface area contributed by atoms with Crippen LogP contribution >= 0.6 is 31.3 Å². The van der Waals surface area contributed by atoms with Crippen molar-refractivity contribution in [2.24, 2.45) is 17.2 Å². The zero-order valence-corrected chi connectivity index (χ0v) is 74.8. The first kappa shape index (κ1) is 118. The van der Waals surface area contributed by atoms with E-state index in [4.69, 9.17) is 125 Å². The molecule has 10 aliphatic heterocycles. The zero-order valence-electron chi connectivity index (χ0n) is 71.3. The highest BCUT2D eigenvalue weighted by atomic mass is 31.2. The Hall–Kier alpha value is -2.58. The summed E-state index contributed by atoms with van der Waals surface area (Å²) in [5, 5.41) is 321. The van der Waals surface area contributed by atoms with Crippen LogP contribution in [0, 0.1) is 0 Å². The van der Waals surface area contributed by atoms with Gasteiger partial charge in [-0.15, -0.1) is 0 Å². The lowest BCUT2D eigenvalue weighted by Gasteiger charge is -2.53. The summed E-state index contributed by atoms with van der Waals surface area (Å²) in [6, 6.07) is -6.19. The summed E-state index contributed by atoms with van der Waals surface area (Å²) in [5.74, 6) is -12.9. The predicted molar refractivity (Wildman–Crippen MR) is 414 cm³/mol. The molecule has 0 bridgehead atoms. The van der Waals surface area contributed by atoms with Gasteiger partial charge >= 0.3 is 43.2 Å². The predicted octanol–water partition coefficient (Wildman–Crippen LogP) is -24.0. The molecule has 52 atom stereocenters. The molecule has 73 heteroatoms. The van der Waals surface area contributed by atoms with Crippen LogP contribution in [-0.4, -0.2) is 583 Å². The minimum absolute atomic E-state index is 1.01. The van der Waals surface area contributed by atoms with Crippen LogP contribution in [0.5, 0.6) is 0 Å². The first-order valence-corrected chi connectivity index (χ1v) is 47.8. The van der Waals surface area contributed by atoms with Crippen LogP contribution in [0.2, 0.25) is 0 Å². The zero-order chi connectivity index (χ0) is 104. The van der Waals surface area contributed by atoms with Gasteiger partial charge in [0.05, 0.1) is 96.4 Å². The monoisotopic (exact) mass is 2130 g/mol. The number of hydrogen-bond acceptors (Lipinski definition) is 59. The summed E-state index contributed by atoms with van der Waals surface area (Å²) in [7, 11) is -25.4. The second-order valence-electron chi connectivity index (χ2n) is 33.5. The molecule has 10 heterocycles. The molecule has 0 spiro atoms. The topological polar surface area (TPSA) is 1140 Å². The fourth-order valence-electron chi connectivity index (χ4n) is 16.7. The Morgan fingerprint density at radius 1 is 0.331 bits per heavy atom. The van der Waals surface area contributed by atoms with Gasteiger partial charge in [-0.25, -0.2) is 27.8 Å². The van der Waals surface area contributed by atoms with Crippen LogP contribution in [-0.2, 0) is 136 Å². The van der Waals surface area contributed by atoms with Gasteiger partial charge in [-0.1, -0.05) is 0 Å². The summed E-state index contributed by atoms with van der Waals surface area (Å²) >= 11 is 0. The molecule has 812 valence electrons. The summed E-state index contributed by atoms with van der Waals surface area (Å²) < 4.78 is 182. The maximum atomic E-state index is 14.3. The molecule has 0 saturated carbocycles. The molecule has 139 heavy (non-hydrogen) atoms. The van der Waals surface area contributed by atoms with Gasteiger partial charge in [0.15, 0.2) is 50.3 Å². The minimum atomic E-state index is -6.74. The van der Waals surface area contributed by atoms with E-state index in [9.17, 15) is 215 Å². The van der Waals surface area contributed by atoms with E-state index in [1.165, 1.54) is 0 Å². The molecule has 10 rings (SSSR count). The third kappa shape index (κ3) is 27.4. The minimum Gasteiger partial charge on any atom is -0.477 e. The number of ether oxygens (including phenoxy) is 19. The maximum absolute atomic E-state index is 14.3. The number of rotatable bonds is 42. The lowest BCUT2D eigenvalue weighted by atomic mass is 9.89. The third-order valence-electron chi connectivity index (χ3n) is 23.9. The van der Waals surface area contributed by atoms with E-state index in [1.807, 2.05) is 0 Å². The molecular formula is C66H117N3O66P4. The SMILES string of the molecule is N[C@@H]1[C@@H](O)[C@H](O)[C@@H](CO[C@@H]2O[C@H](CO[C@]3(C(=O)O)C[C@@H](O[C@]4(C(=O)O)C[C@@H](O)[C@@H](O)[C@@H]([C@H](O)CO)O4)[C@@H](OC4OC(C(O)CO)C(OP(=O)(O)O)C(OC5OC(C(CO)OP(=O)(O)O)C(O)C(O[C@H]6O[C@H](CO)[C@H](O[C@H]7O[C@H](CO)[C@@H](O)[C@H](O)[C@H]7O)[C@H](O[C@@H]7O[C@H](CO[C@H]8O[C@H](CO)[C@@H](O)[C@H](O)[C@H]8O)[C@@H](O)[C@H](O)[C@H]7O)[C@H]6N)C5O)C4OP(=O)(O)O)[C@@H]([C@H](O)CO)O3)[C@@H](OP(=O)(O)O)[C@H](O)[C@H]2N)O[C@@H]1O. The Bertz CT molecular complexity index is 4080. The molecule has 10 saturated heterocycles. The van der Waals surface area contributed by atoms with Crippen LogP contribution in [0.15, 0.2) is 0 Å². The van der Waals surface area contributed by atoms with Gasteiger partial charge in [-0.05, 0) is 0 Å². The Morgan fingerprint density at radius 2 is 0.755 bits per heavy atom. The van der Waals surface area contributed by atoms with Crippen molar-refractivity contribution in [1.29, 1.82) is 0 Å². The number of carbonyl (C=O) groups is 2. The van der Waals surface area contributed by atoms with Crippen molar-refractivity contribution in [2.45, 2.75) is 331 Å². The van der Waals surface area contributed by atoms with E-state index in [1.54, 1.807) is 0 Å². The quantitative estimate of drug-likeness (QED) is 0.0252. The molecule has 0 amide bonds. The van der Waals surface area contributed by atoms with Crippen LogP contribution in [0.3, 0.4) is 0 Å². The first-order chi connectivity index (χ1) is 64.7. The van der Waals surface area contributed by atoms with Crippen molar-refractivity contribution in [2.75, 3.05) is 66.1 Å². The van der Waals surface area contributed by atoms with Crippen molar-refractivity contribution < 1.29 is 323 Å². The van der Waals surface area contributed by atoms with Crippen molar-refractivity contribution >= 4 is 43.2 Å². The number of aliphatic hydroxyl groups excluding tert-OH is 27. The molecule has 12 unspecified atom stereocenters. The van der Waals surface area contributed by atoms with Gasteiger partial charge in [-0.2, -0.15) is 0 Å². The van der Waals surface area contributed by atoms with E-state index in [0.717, 1.165) is 0 Å². The summed E-state index contributed by atoms with van der Waals surface area (Å²) in [4.78, 5) is 112. The highest BCUT2D eigenvalue weighted by Gasteiger charge is 2.67. The normalized spacial score (nSPS) is 46.7. The van der Waals surface area contributed by atoms with Crippen molar-refractivity contribution in [3.8, 4) is 0 Å². The van der Waals surface area contributed by atoms with E-state index in [0.29, 0.717) is 0 Å². The van der Waals surface area contributed by atoms with E-state index in [-0.39, 0.29) is 0 Å². The van der Waals surface area contributed by atoms with Gasteiger partial charge in [0.1, 0.15) is 226 Å². The van der Waals surface area contributed by atoms with Crippen molar-refractivity contribution in [3.05, 3.63) is 0 Å². The Balaban J connectivity index is 1.08. The molecule has 0 aromatic carbocycles. The lowest BCUT2D eigenvalue weighted by Crippen LogP contribution is -2.71. The van der Waals surface area contributed by atoms with E-state index in [2.05, 4.69) is 0 Å². The van der Waals surface area contributed by atoms with Gasteiger partial charge < -0.3 is 294 Å². The van der Waals surface area contributed by atoms with Gasteiger partial charge in [0, 0.05) is 12.8 Å². The van der Waals surface area contributed by atoms with Gasteiger partial charge in [-0.3, -0.25) is 18.1 Å².